The van der Waals surface area contributed by atoms with Crippen molar-refractivity contribution in [1.29, 1.82) is 0 Å². The number of rotatable bonds is 5. The van der Waals surface area contributed by atoms with Gasteiger partial charge in [0.15, 0.2) is 0 Å². The maximum atomic E-state index is 11.0. The van der Waals surface area contributed by atoms with Crippen LogP contribution in [-0.4, -0.2) is 29.2 Å². The van der Waals surface area contributed by atoms with Crippen LogP contribution in [0.25, 0.3) is 0 Å². The molecule has 0 spiro atoms. The number of amides is 2. The van der Waals surface area contributed by atoms with Gasteiger partial charge in [0.2, 0.25) is 5.22 Å². The fourth-order valence-electron chi connectivity index (χ4n) is 1.75. The minimum Gasteiger partial charge on any atom is -0.444 e. The Kier molecular flexibility index (Phi) is 10.1. The number of urea groups is 1. The van der Waals surface area contributed by atoms with Crippen LogP contribution in [0.1, 0.15) is 19.7 Å². The van der Waals surface area contributed by atoms with Crippen molar-refractivity contribution < 1.29 is 17.9 Å². The van der Waals surface area contributed by atoms with E-state index < -0.39 is 16.5 Å². The van der Waals surface area contributed by atoms with Gasteiger partial charge in [0, 0.05) is 13.0 Å². The Bertz CT molecular complexity index is 884. The van der Waals surface area contributed by atoms with Crippen molar-refractivity contribution >= 4 is 45.7 Å². The normalized spacial score (nSPS) is 10.4. The van der Waals surface area contributed by atoms with E-state index in [1.54, 1.807) is 16.8 Å². The molecular formula is C15H17Cl2N5O4S. The van der Waals surface area contributed by atoms with Crippen LogP contribution in [0.15, 0.2) is 45.4 Å². The summed E-state index contributed by atoms with van der Waals surface area (Å²) in [5.41, 5.74) is 1.18. The van der Waals surface area contributed by atoms with Crippen molar-refractivity contribution in [3.63, 3.8) is 0 Å². The number of benzene rings is 1. The average Bonchev–Trinajstić information content (AvgIpc) is 3.04. The molecule has 0 saturated heterocycles. The average molecular weight is 434 g/mol. The first kappa shape index (κ1) is 22.6. The van der Waals surface area contributed by atoms with Gasteiger partial charge in [0.25, 0.3) is 5.95 Å². The molecule has 0 atom stereocenters. The number of halogens is 2. The van der Waals surface area contributed by atoms with Gasteiger partial charge in [-0.2, -0.15) is 13.4 Å². The summed E-state index contributed by atoms with van der Waals surface area (Å²) >= 11 is 10.8. The van der Waals surface area contributed by atoms with Gasteiger partial charge in [-0.1, -0.05) is 41.1 Å². The monoisotopic (exact) mass is 433 g/mol. The van der Waals surface area contributed by atoms with E-state index in [9.17, 15) is 13.2 Å². The van der Waals surface area contributed by atoms with Crippen LogP contribution in [0.2, 0.25) is 0 Å². The van der Waals surface area contributed by atoms with Crippen LogP contribution in [0.4, 0.5) is 10.7 Å². The maximum Gasteiger partial charge on any atom is 0.362 e. The lowest BCUT2D eigenvalue weighted by Gasteiger charge is -2.00. The highest BCUT2D eigenvalue weighted by Crippen LogP contribution is 2.15. The van der Waals surface area contributed by atoms with E-state index in [-0.39, 0.29) is 11.2 Å². The summed E-state index contributed by atoms with van der Waals surface area (Å²) in [5, 5.41) is 6.29. The number of aromatic nitrogens is 3. The Labute approximate surface area is 167 Å². The van der Waals surface area contributed by atoms with Crippen LogP contribution in [-0.2, 0) is 23.5 Å². The first-order valence-electron chi connectivity index (χ1n) is 7.64. The number of nitrogens with one attached hydrogen (secondary N) is 1. The van der Waals surface area contributed by atoms with Gasteiger partial charge in [0.05, 0.1) is 5.54 Å². The first-order chi connectivity index (χ1) is 12.9. The summed E-state index contributed by atoms with van der Waals surface area (Å²) < 4.78 is 29.6. The van der Waals surface area contributed by atoms with E-state index in [1.165, 1.54) is 5.54 Å². The standard InChI is InChI=1S/C8H6Cl2O.C7H11N5O3S/c9-6-8(10)11-7-4-2-1-3-5-7;1-3-5-8-6(10-12(5)4-2)9-7(13)11-16(14)15/h1-6H;3-4H2,1-2H3,(H,9,10,13). The Morgan fingerprint density at radius 1 is 1.33 bits per heavy atom. The minimum absolute atomic E-state index is 0.0536. The molecule has 27 heavy (non-hydrogen) atoms. The highest BCUT2D eigenvalue weighted by atomic mass is 35.5. The Morgan fingerprint density at radius 2 is 2.00 bits per heavy atom. The molecule has 0 radical (unpaired) electrons. The molecule has 1 N–H and O–H groups in total. The zero-order valence-corrected chi connectivity index (χ0v) is 16.8. The van der Waals surface area contributed by atoms with E-state index in [4.69, 9.17) is 27.9 Å². The number of para-hydroxylation sites is 1. The van der Waals surface area contributed by atoms with Gasteiger partial charge >= 0.3 is 16.5 Å². The summed E-state index contributed by atoms with van der Waals surface area (Å²) in [6, 6.07) is 8.18. The number of hydrogen-bond donors (Lipinski definition) is 1. The number of ether oxygens (including phenoxy) is 1. The minimum atomic E-state index is -2.77. The summed E-state index contributed by atoms with van der Waals surface area (Å²) in [4.78, 5) is 15.0. The van der Waals surface area contributed by atoms with Crippen molar-refractivity contribution in [3.8, 4) is 5.75 Å². The lowest BCUT2D eigenvalue weighted by atomic mass is 10.3. The Morgan fingerprint density at radius 3 is 2.48 bits per heavy atom. The number of anilines is 1. The molecule has 2 aromatic rings. The molecule has 1 aromatic carbocycles. The molecule has 0 bridgehead atoms. The molecule has 0 unspecified atom stereocenters. The van der Waals surface area contributed by atoms with Gasteiger partial charge in [-0.3, -0.25) is 5.32 Å². The first-order valence-corrected chi connectivity index (χ1v) is 9.48. The quantitative estimate of drug-likeness (QED) is 0.716. The molecule has 1 aromatic heterocycles. The zero-order valence-electron chi connectivity index (χ0n) is 14.5. The molecule has 12 heteroatoms. The molecule has 0 aliphatic heterocycles. The molecule has 0 fully saturated rings. The lowest BCUT2D eigenvalue weighted by Crippen LogP contribution is -2.08. The van der Waals surface area contributed by atoms with Crippen molar-refractivity contribution in [2.24, 2.45) is 4.36 Å². The number of nitrogens with zero attached hydrogens (tertiary/aromatic N) is 4. The van der Waals surface area contributed by atoms with Crippen LogP contribution in [0.3, 0.4) is 0 Å². The summed E-state index contributed by atoms with van der Waals surface area (Å²) in [7, 11) is -2.77. The molecule has 9 nitrogen and oxygen atoms in total. The second-order valence-corrected chi connectivity index (χ2v) is 5.80. The summed E-state index contributed by atoms with van der Waals surface area (Å²) in [5.74, 6) is 1.44. The van der Waals surface area contributed by atoms with Gasteiger partial charge in [-0.25, -0.2) is 9.48 Å². The van der Waals surface area contributed by atoms with Crippen LogP contribution in [0.5, 0.6) is 5.75 Å². The van der Waals surface area contributed by atoms with Crippen molar-refractivity contribution in [3.05, 3.63) is 46.9 Å². The number of carbonyl (C=O) groups is 1. The van der Waals surface area contributed by atoms with Gasteiger partial charge in [0.1, 0.15) is 11.6 Å². The van der Waals surface area contributed by atoms with Crippen LogP contribution >= 0.6 is 23.2 Å². The topological polar surface area (TPSA) is 116 Å². The fourth-order valence-corrected chi connectivity index (χ4v) is 2.07. The third kappa shape index (κ3) is 8.67. The van der Waals surface area contributed by atoms with E-state index >= 15 is 0 Å². The van der Waals surface area contributed by atoms with Crippen molar-refractivity contribution in [1.82, 2.24) is 14.8 Å². The Balaban J connectivity index is 0.000000289. The number of aryl methyl sites for hydroxylation is 2. The number of carbonyl (C=O) groups excluding carboxylic acids is 1. The molecule has 1 heterocycles. The molecule has 2 amide bonds. The van der Waals surface area contributed by atoms with Crippen molar-refractivity contribution in [2.75, 3.05) is 5.32 Å². The predicted molar refractivity (Wildman–Crippen MR) is 102 cm³/mol. The molecular weight excluding hydrogens is 417 g/mol. The third-order valence-corrected chi connectivity index (χ3v) is 3.60. The highest BCUT2D eigenvalue weighted by Gasteiger charge is 2.09. The molecule has 0 aliphatic carbocycles. The van der Waals surface area contributed by atoms with Crippen LogP contribution in [0, 0.1) is 0 Å². The molecule has 0 aliphatic rings. The lowest BCUT2D eigenvalue weighted by molar-refractivity contribution is 0.259. The smallest absolute Gasteiger partial charge is 0.362 e. The van der Waals surface area contributed by atoms with Crippen molar-refractivity contribution in [2.45, 2.75) is 26.8 Å². The fraction of sp³-hybridized carbons (Fsp3) is 0.267. The predicted octanol–water partition coefficient (Wildman–Crippen LogP) is 3.80. The summed E-state index contributed by atoms with van der Waals surface area (Å²) in [6.07, 6.45) is 0.668. The van der Waals surface area contributed by atoms with Gasteiger partial charge in [-0.15, -0.1) is 5.10 Å². The number of hydrogen-bond acceptors (Lipinski definition) is 6. The van der Waals surface area contributed by atoms with E-state index in [2.05, 4.69) is 19.8 Å². The summed E-state index contributed by atoms with van der Waals surface area (Å²) in [6.45, 7) is 4.41. The Hall–Kier alpha value is -2.43. The maximum absolute atomic E-state index is 11.0. The third-order valence-electron chi connectivity index (χ3n) is 2.78. The highest BCUT2D eigenvalue weighted by molar-refractivity contribution is 7.62. The van der Waals surface area contributed by atoms with Crippen LogP contribution < -0.4 is 10.1 Å². The SMILES string of the molecule is CCc1nc(NC(=O)N=S(=O)=O)nn1CC.ClC=C(Cl)Oc1ccccc1. The van der Waals surface area contributed by atoms with Gasteiger partial charge < -0.3 is 4.74 Å². The largest absolute Gasteiger partial charge is 0.444 e. The van der Waals surface area contributed by atoms with E-state index in [0.29, 0.717) is 24.5 Å². The van der Waals surface area contributed by atoms with E-state index in [0.717, 1.165) is 0 Å². The second-order valence-electron chi connectivity index (χ2n) is 4.59. The van der Waals surface area contributed by atoms with E-state index in [1.807, 2.05) is 32.0 Å². The molecule has 146 valence electrons. The molecule has 0 saturated carbocycles. The van der Waals surface area contributed by atoms with Gasteiger partial charge in [-0.05, 0) is 30.7 Å². The molecule has 2 rings (SSSR count). The second kappa shape index (κ2) is 12.0. The zero-order chi connectivity index (χ0) is 20.2.